The molecule has 1 aromatic heterocycles. The van der Waals surface area contributed by atoms with E-state index in [0.29, 0.717) is 0 Å². The van der Waals surface area contributed by atoms with E-state index in [1.807, 2.05) is 0 Å². The number of nitrogens with zero attached hydrogens (tertiary/aromatic N) is 2. The number of benzene rings is 1. The first-order valence-corrected chi connectivity index (χ1v) is 7.01. The fraction of sp³-hybridized carbons (Fsp3) is 0.273. The van der Waals surface area contributed by atoms with E-state index in [4.69, 9.17) is 0 Å². The van der Waals surface area contributed by atoms with Crippen molar-refractivity contribution in [1.82, 2.24) is 14.3 Å². The predicted molar refractivity (Wildman–Crippen MR) is 68.2 cm³/mol. The molecule has 10 heteroatoms. The lowest BCUT2D eigenvalue weighted by Crippen LogP contribution is -2.23. The molecule has 0 aliphatic rings. The monoisotopic (exact) mass is 321 g/mol. The summed E-state index contributed by atoms with van der Waals surface area (Å²) in [6, 6.07) is 3.16. The number of aromatic amines is 1. The normalized spacial score (nSPS) is 13.0. The summed E-state index contributed by atoms with van der Waals surface area (Å²) in [5.74, 6) is -1.43. The standard InChI is InChI=1S/C11H10F3N3O3S/c1-17(2)21(19,20)6-3-4-8-7(5-6)9(18)16-10(15-8)11(12,13)14/h3-5H,1-2H3,(H,15,16,18). The number of alkyl halides is 3. The molecule has 0 saturated heterocycles. The number of rotatable bonds is 2. The molecule has 0 aliphatic heterocycles. The molecule has 0 atom stereocenters. The van der Waals surface area contributed by atoms with Gasteiger partial charge in [-0.05, 0) is 18.2 Å². The number of nitrogens with one attached hydrogen (secondary N) is 1. The largest absolute Gasteiger partial charge is 0.449 e. The second kappa shape index (κ2) is 4.81. The molecule has 1 heterocycles. The molecule has 0 spiro atoms. The van der Waals surface area contributed by atoms with E-state index < -0.39 is 27.6 Å². The minimum atomic E-state index is -4.79. The first kappa shape index (κ1) is 15.4. The Morgan fingerprint density at radius 3 is 2.38 bits per heavy atom. The molecule has 6 nitrogen and oxygen atoms in total. The molecule has 0 bridgehead atoms. The third-order valence-electron chi connectivity index (χ3n) is 2.72. The minimum absolute atomic E-state index is 0.202. The quantitative estimate of drug-likeness (QED) is 0.901. The summed E-state index contributed by atoms with van der Waals surface area (Å²) in [7, 11) is -1.19. The highest BCUT2D eigenvalue weighted by molar-refractivity contribution is 7.89. The molecule has 0 unspecified atom stereocenters. The van der Waals surface area contributed by atoms with Gasteiger partial charge in [0.15, 0.2) is 0 Å². The van der Waals surface area contributed by atoms with Gasteiger partial charge in [-0.25, -0.2) is 17.7 Å². The minimum Gasteiger partial charge on any atom is -0.302 e. The van der Waals surface area contributed by atoms with Crippen LogP contribution in [-0.2, 0) is 16.2 Å². The Balaban J connectivity index is 2.73. The highest BCUT2D eigenvalue weighted by Gasteiger charge is 2.34. The summed E-state index contributed by atoms with van der Waals surface area (Å²) in [6.07, 6.45) is -4.79. The number of aromatic nitrogens is 2. The van der Waals surface area contributed by atoms with Crippen molar-refractivity contribution >= 4 is 20.9 Å². The predicted octanol–water partition coefficient (Wildman–Crippen LogP) is 1.19. The number of fused-ring (bicyclic) bond motifs is 1. The summed E-state index contributed by atoms with van der Waals surface area (Å²) in [5.41, 5.74) is -1.29. The molecule has 0 saturated carbocycles. The smallest absolute Gasteiger partial charge is 0.302 e. The summed E-state index contributed by atoms with van der Waals surface area (Å²) in [6.45, 7) is 0. The zero-order valence-electron chi connectivity index (χ0n) is 10.9. The Labute approximate surface area is 117 Å². The molecule has 2 aromatic rings. The molecular weight excluding hydrogens is 311 g/mol. The topological polar surface area (TPSA) is 83.1 Å². The van der Waals surface area contributed by atoms with Crippen LogP contribution in [0.25, 0.3) is 10.9 Å². The van der Waals surface area contributed by atoms with Gasteiger partial charge in [-0.1, -0.05) is 0 Å². The molecule has 0 aliphatic carbocycles. The zero-order valence-corrected chi connectivity index (χ0v) is 11.7. The molecule has 1 aromatic carbocycles. The molecule has 0 amide bonds. The van der Waals surface area contributed by atoms with Crippen molar-refractivity contribution in [3.63, 3.8) is 0 Å². The van der Waals surface area contributed by atoms with E-state index in [0.717, 1.165) is 22.5 Å². The van der Waals surface area contributed by atoms with Gasteiger partial charge in [0, 0.05) is 14.1 Å². The van der Waals surface area contributed by atoms with E-state index >= 15 is 0 Å². The van der Waals surface area contributed by atoms with E-state index in [-0.39, 0.29) is 15.8 Å². The number of hydrogen-bond acceptors (Lipinski definition) is 4. The zero-order chi connectivity index (χ0) is 16.0. The van der Waals surface area contributed by atoms with Crippen molar-refractivity contribution < 1.29 is 21.6 Å². The van der Waals surface area contributed by atoms with E-state index in [1.165, 1.54) is 14.1 Å². The molecular formula is C11H10F3N3O3S. The van der Waals surface area contributed by atoms with Crippen LogP contribution in [0.15, 0.2) is 27.9 Å². The molecule has 21 heavy (non-hydrogen) atoms. The van der Waals surface area contributed by atoms with Crippen LogP contribution in [0.4, 0.5) is 13.2 Å². The first-order chi connectivity index (χ1) is 9.53. The lowest BCUT2D eigenvalue weighted by atomic mass is 10.2. The molecule has 0 fully saturated rings. The lowest BCUT2D eigenvalue weighted by Gasteiger charge is -2.12. The van der Waals surface area contributed by atoms with Gasteiger partial charge >= 0.3 is 6.18 Å². The van der Waals surface area contributed by atoms with E-state index in [2.05, 4.69) is 4.98 Å². The summed E-state index contributed by atoms with van der Waals surface area (Å²) >= 11 is 0. The van der Waals surface area contributed by atoms with Gasteiger partial charge in [0.25, 0.3) is 5.56 Å². The molecule has 1 N–H and O–H groups in total. The van der Waals surface area contributed by atoms with Gasteiger partial charge in [0.2, 0.25) is 15.8 Å². The molecule has 114 valence electrons. The maximum absolute atomic E-state index is 12.5. The Morgan fingerprint density at radius 2 is 1.86 bits per heavy atom. The summed E-state index contributed by atoms with van der Waals surface area (Å²) in [5, 5.41) is -0.231. The van der Waals surface area contributed by atoms with Gasteiger partial charge in [-0.3, -0.25) is 4.79 Å². The lowest BCUT2D eigenvalue weighted by molar-refractivity contribution is -0.144. The van der Waals surface area contributed by atoms with Crippen LogP contribution in [0.3, 0.4) is 0 Å². The van der Waals surface area contributed by atoms with Crippen molar-refractivity contribution in [3.05, 3.63) is 34.4 Å². The van der Waals surface area contributed by atoms with Crippen LogP contribution in [0.2, 0.25) is 0 Å². The summed E-state index contributed by atoms with van der Waals surface area (Å²) < 4.78 is 62.4. The van der Waals surface area contributed by atoms with Crippen LogP contribution in [0.1, 0.15) is 5.82 Å². The highest BCUT2D eigenvalue weighted by atomic mass is 32.2. The van der Waals surface area contributed by atoms with Gasteiger partial charge in [-0.15, -0.1) is 0 Å². The number of H-pyrrole nitrogens is 1. The number of hydrogen-bond donors (Lipinski definition) is 1. The third kappa shape index (κ3) is 2.76. The fourth-order valence-corrected chi connectivity index (χ4v) is 2.55. The third-order valence-corrected chi connectivity index (χ3v) is 4.54. The van der Waals surface area contributed by atoms with Gasteiger partial charge in [0.05, 0.1) is 15.8 Å². The maximum atomic E-state index is 12.5. The van der Waals surface area contributed by atoms with Crippen molar-refractivity contribution in [2.45, 2.75) is 11.1 Å². The van der Waals surface area contributed by atoms with Crippen molar-refractivity contribution in [3.8, 4) is 0 Å². The van der Waals surface area contributed by atoms with Crippen LogP contribution in [-0.4, -0.2) is 36.8 Å². The van der Waals surface area contributed by atoms with Crippen LogP contribution >= 0.6 is 0 Å². The number of sulfonamides is 1. The second-order valence-electron chi connectivity index (χ2n) is 4.38. The Hall–Kier alpha value is -1.94. The van der Waals surface area contributed by atoms with Gasteiger partial charge < -0.3 is 4.98 Å². The average Bonchev–Trinajstić information content (AvgIpc) is 2.36. The molecule has 0 radical (unpaired) electrons. The Kier molecular flexibility index (Phi) is 3.54. The Morgan fingerprint density at radius 1 is 1.24 bits per heavy atom. The van der Waals surface area contributed by atoms with Crippen molar-refractivity contribution in [1.29, 1.82) is 0 Å². The van der Waals surface area contributed by atoms with E-state index in [1.54, 1.807) is 4.98 Å². The van der Waals surface area contributed by atoms with Crippen LogP contribution in [0.5, 0.6) is 0 Å². The average molecular weight is 321 g/mol. The molecule has 2 rings (SSSR count). The van der Waals surface area contributed by atoms with Crippen molar-refractivity contribution in [2.24, 2.45) is 0 Å². The first-order valence-electron chi connectivity index (χ1n) is 5.57. The van der Waals surface area contributed by atoms with E-state index in [9.17, 15) is 26.4 Å². The number of halogens is 3. The fourth-order valence-electron chi connectivity index (χ4n) is 1.62. The van der Waals surface area contributed by atoms with Gasteiger partial charge in [-0.2, -0.15) is 13.2 Å². The SMILES string of the molecule is CN(C)S(=O)(=O)c1ccc2nc(C(F)(F)F)[nH]c(=O)c2c1. The maximum Gasteiger partial charge on any atom is 0.449 e. The van der Waals surface area contributed by atoms with Crippen molar-refractivity contribution in [2.75, 3.05) is 14.1 Å². The van der Waals surface area contributed by atoms with Crippen LogP contribution in [0, 0.1) is 0 Å². The second-order valence-corrected chi connectivity index (χ2v) is 6.53. The highest BCUT2D eigenvalue weighted by Crippen LogP contribution is 2.26. The van der Waals surface area contributed by atoms with Gasteiger partial charge in [0.1, 0.15) is 0 Å². The Bertz CT molecular complexity index is 856. The summed E-state index contributed by atoms with van der Waals surface area (Å²) in [4.78, 5) is 16.4. The van der Waals surface area contributed by atoms with Crippen LogP contribution < -0.4 is 5.56 Å².